The standard InChI is InChI=1S/C14H16ClNO2S/c1-9(2)14-12(7-17)19-13(16-14)8-18-11-5-3-10(15)4-6-11/h3-6,9,17H,7-8H2,1-2H3. The topological polar surface area (TPSA) is 42.4 Å². The number of thiazole rings is 1. The lowest BCUT2D eigenvalue weighted by Crippen LogP contribution is -1.96. The number of aliphatic hydroxyl groups excluding tert-OH is 1. The first kappa shape index (κ1) is 14.3. The van der Waals surface area contributed by atoms with Crippen LogP contribution in [0.15, 0.2) is 24.3 Å². The van der Waals surface area contributed by atoms with Crippen LogP contribution in [0.5, 0.6) is 5.75 Å². The van der Waals surface area contributed by atoms with Gasteiger partial charge in [-0.1, -0.05) is 25.4 Å². The molecule has 0 fully saturated rings. The first-order valence-electron chi connectivity index (χ1n) is 6.08. The molecule has 0 saturated carbocycles. The molecule has 1 aromatic carbocycles. The van der Waals surface area contributed by atoms with Crippen molar-refractivity contribution in [3.8, 4) is 5.75 Å². The lowest BCUT2D eigenvalue weighted by Gasteiger charge is -2.03. The number of rotatable bonds is 5. The zero-order valence-electron chi connectivity index (χ0n) is 10.9. The molecule has 0 aliphatic rings. The molecule has 0 unspecified atom stereocenters. The quantitative estimate of drug-likeness (QED) is 0.907. The minimum absolute atomic E-state index is 0.0339. The smallest absolute Gasteiger partial charge is 0.140 e. The van der Waals surface area contributed by atoms with Crippen LogP contribution in [0.4, 0.5) is 0 Å². The van der Waals surface area contributed by atoms with E-state index in [1.54, 1.807) is 12.1 Å². The lowest BCUT2D eigenvalue weighted by atomic mass is 10.1. The van der Waals surface area contributed by atoms with Gasteiger partial charge in [-0.25, -0.2) is 4.98 Å². The minimum Gasteiger partial charge on any atom is -0.486 e. The molecule has 2 aromatic rings. The Morgan fingerprint density at radius 3 is 2.53 bits per heavy atom. The number of aliphatic hydroxyl groups is 1. The van der Waals surface area contributed by atoms with Crippen molar-refractivity contribution in [3.05, 3.63) is 44.9 Å². The van der Waals surface area contributed by atoms with E-state index in [2.05, 4.69) is 18.8 Å². The first-order chi connectivity index (χ1) is 9.10. The summed E-state index contributed by atoms with van der Waals surface area (Å²) in [5.74, 6) is 1.07. The Balaban J connectivity index is 2.05. The fraction of sp³-hybridized carbons (Fsp3) is 0.357. The largest absolute Gasteiger partial charge is 0.486 e. The molecule has 2 rings (SSSR count). The summed E-state index contributed by atoms with van der Waals surface area (Å²) in [6, 6.07) is 7.23. The maximum Gasteiger partial charge on any atom is 0.140 e. The summed E-state index contributed by atoms with van der Waals surface area (Å²) in [6.07, 6.45) is 0. The van der Waals surface area contributed by atoms with Crippen LogP contribution in [0.25, 0.3) is 0 Å². The molecule has 0 aliphatic heterocycles. The number of hydrogen-bond acceptors (Lipinski definition) is 4. The van der Waals surface area contributed by atoms with Crippen molar-refractivity contribution < 1.29 is 9.84 Å². The van der Waals surface area contributed by atoms with E-state index in [1.807, 2.05) is 12.1 Å². The van der Waals surface area contributed by atoms with Gasteiger partial charge < -0.3 is 9.84 Å². The molecule has 0 atom stereocenters. The highest BCUT2D eigenvalue weighted by Gasteiger charge is 2.13. The Kier molecular flexibility index (Phi) is 4.80. The average Bonchev–Trinajstić information content (AvgIpc) is 2.81. The molecule has 19 heavy (non-hydrogen) atoms. The lowest BCUT2D eigenvalue weighted by molar-refractivity contribution is 0.283. The summed E-state index contributed by atoms with van der Waals surface area (Å²) in [5, 5.41) is 10.9. The van der Waals surface area contributed by atoms with Gasteiger partial charge in [0.15, 0.2) is 0 Å². The number of ether oxygens (including phenoxy) is 1. The minimum atomic E-state index is 0.0339. The van der Waals surface area contributed by atoms with E-state index >= 15 is 0 Å². The van der Waals surface area contributed by atoms with Crippen LogP contribution in [-0.4, -0.2) is 10.1 Å². The highest BCUT2D eigenvalue weighted by Crippen LogP contribution is 2.26. The fourth-order valence-corrected chi connectivity index (χ4v) is 2.84. The predicted molar refractivity (Wildman–Crippen MR) is 77.9 cm³/mol. The van der Waals surface area contributed by atoms with Crippen molar-refractivity contribution in [2.45, 2.75) is 33.0 Å². The molecule has 0 amide bonds. The zero-order valence-corrected chi connectivity index (χ0v) is 12.5. The van der Waals surface area contributed by atoms with Crippen molar-refractivity contribution in [3.63, 3.8) is 0 Å². The van der Waals surface area contributed by atoms with Crippen molar-refractivity contribution in [1.29, 1.82) is 0 Å². The van der Waals surface area contributed by atoms with Gasteiger partial charge in [0.1, 0.15) is 17.4 Å². The third kappa shape index (κ3) is 3.69. The van der Waals surface area contributed by atoms with E-state index in [0.717, 1.165) is 21.3 Å². The van der Waals surface area contributed by atoms with E-state index < -0.39 is 0 Å². The van der Waals surface area contributed by atoms with Crippen LogP contribution >= 0.6 is 22.9 Å². The van der Waals surface area contributed by atoms with Crippen molar-refractivity contribution in [2.24, 2.45) is 0 Å². The van der Waals surface area contributed by atoms with Gasteiger partial charge in [-0.2, -0.15) is 0 Å². The summed E-state index contributed by atoms with van der Waals surface area (Å²) in [7, 11) is 0. The molecule has 5 heteroatoms. The Labute approximate surface area is 121 Å². The maximum atomic E-state index is 9.31. The molecule has 0 spiro atoms. The Hall–Kier alpha value is -1.10. The molecule has 1 heterocycles. The first-order valence-corrected chi connectivity index (χ1v) is 7.27. The van der Waals surface area contributed by atoms with Gasteiger partial charge in [-0.05, 0) is 30.2 Å². The second-order valence-corrected chi connectivity index (χ2v) is 6.08. The summed E-state index contributed by atoms with van der Waals surface area (Å²) in [4.78, 5) is 5.44. The normalized spacial score (nSPS) is 11.0. The number of benzene rings is 1. The average molecular weight is 298 g/mol. The van der Waals surface area contributed by atoms with Crippen LogP contribution in [0.1, 0.15) is 35.3 Å². The maximum absolute atomic E-state index is 9.31. The van der Waals surface area contributed by atoms with Crippen LogP contribution in [0, 0.1) is 0 Å². The summed E-state index contributed by atoms with van der Waals surface area (Å²) in [6.45, 7) is 4.58. The second-order valence-electron chi connectivity index (χ2n) is 4.47. The number of halogens is 1. The van der Waals surface area contributed by atoms with Crippen molar-refractivity contribution in [1.82, 2.24) is 4.98 Å². The molecule has 0 radical (unpaired) electrons. The van der Waals surface area contributed by atoms with Crippen LogP contribution in [0.3, 0.4) is 0 Å². The van der Waals surface area contributed by atoms with E-state index in [0.29, 0.717) is 17.5 Å². The molecular weight excluding hydrogens is 282 g/mol. The van der Waals surface area contributed by atoms with Gasteiger partial charge in [0, 0.05) is 5.02 Å². The predicted octanol–water partition coefficient (Wildman–Crippen LogP) is 3.99. The molecule has 102 valence electrons. The van der Waals surface area contributed by atoms with Crippen molar-refractivity contribution >= 4 is 22.9 Å². The summed E-state index contributed by atoms with van der Waals surface area (Å²) >= 11 is 7.31. The fourth-order valence-electron chi connectivity index (χ4n) is 1.72. The Morgan fingerprint density at radius 2 is 2.00 bits per heavy atom. The van der Waals surface area contributed by atoms with E-state index in [-0.39, 0.29) is 6.61 Å². The van der Waals surface area contributed by atoms with E-state index in [1.165, 1.54) is 11.3 Å². The van der Waals surface area contributed by atoms with Crippen LogP contribution in [-0.2, 0) is 13.2 Å². The molecule has 3 nitrogen and oxygen atoms in total. The highest BCUT2D eigenvalue weighted by molar-refractivity contribution is 7.11. The number of nitrogens with zero attached hydrogens (tertiary/aromatic N) is 1. The SMILES string of the molecule is CC(C)c1nc(COc2ccc(Cl)cc2)sc1CO. The van der Waals surface area contributed by atoms with Gasteiger partial charge in [0.2, 0.25) is 0 Å². The molecular formula is C14H16ClNO2S. The number of hydrogen-bond donors (Lipinski definition) is 1. The van der Waals surface area contributed by atoms with Gasteiger partial charge in [-0.15, -0.1) is 11.3 Å². The number of aromatic nitrogens is 1. The van der Waals surface area contributed by atoms with Gasteiger partial charge in [0.25, 0.3) is 0 Å². The summed E-state index contributed by atoms with van der Waals surface area (Å²) < 4.78 is 5.65. The zero-order chi connectivity index (χ0) is 13.8. The molecule has 0 saturated heterocycles. The van der Waals surface area contributed by atoms with Crippen molar-refractivity contribution in [2.75, 3.05) is 0 Å². The van der Waals surface area contributed by atoms with Gasteiger partial charge >= 0.3 is 0 Å². The summed E-state index contributed by atoms with van der Waals surface area (Å²) in [5.41, 5.74) is 0.960. The third-order valence-electron chi connectivity index (χ3n) is 2.64. The molecule has 1 N–H and O–H groups in total. The third-order valence-corrected chi connectivity index (χ3v) is 3.92. The Bertz CT molecular complexity index is 537. The molecule has 0 aliphatic carbocycles. The molecule has 1 aromatic heterocycles. The molecule has 0 bridgehead atoms. The van der Waals surface area contributed by atoms with Crippen LogP contribution < -0.4 is 4.74 Å². The van der Waals surface area contributed by atoms with E-state index in [9.17, 15) is 5.11 Å². The highest BCUT2D eigenvalue weighted by atomic mass is 35.5. The second kappa shape index (κ2) is 6.37. The van der Waals surface area contributed by atoms with Gasteiger partial charge in [0.05, 0.1) is 17.2 Å². The Morgan fingerprint density at radius 1 is 1.32 bits per heavy atom. The van der Waals surface area contributed by atoms with Crippen LogP contribution in [0.2, 0.25) is 5.02 Å². The van der Waals surface area contributed by atoms with Gasteiger partial charge in [-0.3, -0.25) is 0 Å². The monoisotopic (exact) mass is 297 g/mol. The van der Waals surface area contributed by atoms with E-state index in [4.69, 9.17) is 16.3 Å².